The number of alkyl halides is 2. The highest BCUT2D eigenvalue weighted by Gasteiger charge is 2.27. The van der Waals surface area contributed by atoms with Gasteiger partial charge < -0.3 is 10.3 Å². The maximum absolute atomic E-state index is 12.3. The van der Waals surface area contributed by atoms with Crippen molar-refractivity contribution in [1.82, 2.24) is 30.1 Å². The molecule has 4 rings (SSSR count). The van der Waals surface area contributed by atoms with Crippen molar-refractivity contribution in [2.75, 3.05) is 6.54 Å². The monoisotopic (exact) mass is 320 g/mol. The van der Waals surface area contributed by atoms with Crippen LogP contribution in [0.4, 0.5) is 8.78 Å². The van der Waals surface area contributed by atoms with Crippen molar-refractivity contribution in [3.63, 3.8) is 0 Å². The van der Waals surface area contributed by atoms with Gasteiger partial charge in [0.25, 0.3) is 6.43 Å². The van der Waals surface area contributed by atoms with Crippen LogP contribution in [0.5, 0.6) is 0 Å². The predicted molar refractivity (Wildman–Crippen MR) is 81.6 cm³/mol. The van der Waals surface area contributed by atoms with Gasteiger partial charge in [0.15, 0.2) is 0 Å². The van der Waals surface area contributed by atoms with Crippen LogP contribution in [0.15, 0.2) is 18.6 Å². The molecule has 0 amide bonds. The van der Waals surface area contributed by atoms with Gasteiger partial charge in [0.05, 0.1) is 12.2 Å². The molecule has 1 aliphatic rings. The molecule has 0 bridgehead atoms. The van der Waals surface area contributed by atoms with Crippen LogP contribution >= 0.6 is 0 Å². The highest BCUT2D eigenvalue weighted by atomic mass is 19.3. The van der Waals surface area contributed by atoms with Gasteiger partial charge in [-0.2, -0.15) is 0 Å². The summed E-state index contributed by atoms with van der Waals surface area (Å²) in [6, 6.07) is 2.16. The van der Waals surface area contributed by atoms with Crippen LogP contribution < -0.4 is 5.32 Å². The Kier molecular flexibility index (Phi) is 3.68. The smallest absolute Gasteiger partial charge is 0.250 e. The zero-order valence-electron chi connectivity index (χ0n) is 12.5. The molecule has 8 heteroatoms. The third-order valence-electron chi connectivity index (χ3n) is 4.67. The lowest BCUT2D eigenvalue weighted by molar-refractivity contribution is 0.137. The molecule has 1 aliphatic carbocycles. The van der Waals surface area contributed by atoms with Gasteiger partial charge in [-0.25, -0.2) is 18.3 Å². The molecule has 3 aromatic heterocycles. The Morgan fingerprint density at radius 1 is 1.30 bits per heavy atom. The van der Waals surface area contributed by atoms with Crippen molar-refractivity contribution in [3.05, 3.63) is 24.3 Å². The molecule has 0 radical (unpaired) electrons. The molecule has 0 spiro atoms. The normalized spacial score (nSPS) is 22.4. The van der Waals surface area contributed by atoms with E-state index in [4.69, 9.17) is 0 Å². The van der Waals surface area contributed by atoms with E-state index in [1.54, 1.807) is 10.8 Å². The van der Waals surface area contributed by atoms with Gasteiger partial charge in [-0.3, -0.25) is 0 Å². The molecule has 2 N–H and O–H groups in total. The number of aromatic nitrogens is 5. The molecule has 0 unspecified atom stereocenters. The zero-order valence-corrected chi connectivity index (χ0v) is 12.5. The maximum Gasteiger partial charge on any atom is 0.250 e. The van der Waals surface area contributed by atoms with E-state index in [0.29, 0.717) is 5.92 Å². The Hall–Kier alpha value is -2.09. The van der Waals surface area contributed by atoms with Crippen molar-refractivity contribution in [3.8, 4) is 0 Å². The lowest BCUT2D eigenvalue weighted by Crippen LogP contribution is -2.35. The predicted octanol–water partition coefficient (Wildman–Crippen LogP) is 2.49. The average Bonchev–Trinajstić information content (AvgIpc) is 3.19. The Morgan fingerprint density at radius 2 is 2.13 bits per heavy atom. The Bertz CT molecular complexity index is 803. The van der Waals surface area contributed by atoms with Crippen LogP contribution in [0.1, 0.15) is 37.3 Å². The highest BCUT2D eigenvalue weighted by Crippen LogP contribution is 2.35. The largest absolute Gasteiger partial charge is 0.346 e. The molecule has 0 atom stereocenters. The van der Waals surface area contributed by atoms with Crippen LogP contribution in [-0.2, 0) is 0 Å². The van der Waals surface area contributed by atoms with E-state index in [2.05, 4.69) is 25.6 Å². The summed E-state index contributed by atoms with van der Waals surface area (Å²) < 4.78 is 26.3. The zero-order chi connectivity index (χ0) is 15.8. The van der Waals surface area contributed by atoms with E-state index in [1.165, 1.54) is 0 Å². The first-order valence-corrected chi connectivity index (χ1v) is 7.91. The van der Waals surface area contributed by atoms with Crippen LogP contribution in [0.2, 0.25) is 0 Å². The molecule has 3 heterocycles. The molecule has 6 nitrogen and oxygen atoms in total. The molecule has 1 saturated carbocycles. The minimum absolute atomic E-state index is 0.177. The van der Waals surface area contributed by atoms with Crippen molar-refractivity contribution in [1.29, 1.82) is 0 Å². The Morgan fingerprint density at radius 3 is 2.91 bits per heavy atom. The molecule has 3 aromatic rings. The van der Waals surface area contributed by atoms with Gasteiger partial charge in [0.2, 0.25) is 0 Å². The molecular formula is C15H18F2N6. The first-order chi connectivity index (χ1) is 11.2. The fourth-order valence-corrected chi connectivity index (χ4v) is 3.52. The number of fused-ring (bicyclic) bond motifs is 3. The summed E-state index contributed by atoms with van der Waals surface area (Å²) in [4.78, 5) is 7.41. The molecule has 0 aromatic carbocycles. The third-order valence-corrected chi connectivity index (χ3v) is 4.67. The van der Waals surface area contributed by atoms with Crippen LogP contribution in [0.25, 0.3) is 16.6 Å². The van der Waals surface area contributed by atoms with Gasteiger partial charge in [-0.1, -0.05) is 5.21 Å². The summed E-state index contributed by atoms with van der Waals surface area (Å²) in [6.45, 7) is -0.222. The Labute approximate surface area is 131 Å². The molecular weight excluding hydrogens is 302 g/mol. The van der Waals surface area contributed by atoms with E-state index in [0.717, 1.165) is 47.9 Å². The summed E-state index contributed by atoms with van der Waals surface area (Å²) in [5.41, 5.74) is 2.82. The summed E-state index contributed by atoms with van der Waals surface area (Å²) >= 11 is 0. The lowest BCUT2D eigenvalue weighted by atomic mass is 9.83. The van der Waals surface area contributed by atoms with Crippen LogP contribution in [-0.4, -0.2) is 43.8 Å². The molecule has 1 fully saturated rings. The number of rotatable bonds is 4. The SMILES string of the molecule is FC(F)CNC1CCC(c2nnn3cnc4[nH]ccc4c23)CC1. The van der Waals surface area contributed by atoms with Gasteiger partial charge in [0, 0.05) is 23.5 Å². The third kappa shape index (κ3) is 2.67. The van der Waals surface area contributed by atoms with Gasteiger partial charge in [-0.05, 0) is 31.7 Å². The van der Waals surface area contributed by atoms with Crippen molar-refractivity contribution < 1.29 is 8.78 Å². The van der Waals surface area contributed by atoms with Gasteiger partial charge >= 0.3 is 0 Å². The second-order valence-corrected chi connectivity index (χ2v) is 6.10. The number of halogens is 2. The quantitative estimate of drug-likeness (QED) is 0.775. The first-order valence-electron chi connectivity index (χ1n) is 7.91. The van der Waals surface area contributed by atoms with Crippen LogP contribution in [0, 0.1) is 0 Å². The van der Waals surface area contributed by atoms with E-state index < -0.39 is 6.43 Å². The van der Waals surface area contributed by atoms with Crippen molar-refractivity contribution in [2.45, 2.75) is 44.1 Å². The lowest BCUT2D eigenvalue weighted by Gasteiger charge is -2.28. The second kappa shape index (κ2) is 5.84. The number of H-pyrrole nitrogens is 1. The molecule has 122 valence electrons. The number of nitrogens with one attached hydrogen (secondary N) is 2. The van der Waals surface area contributed by atoms with E-state index >= 15 is 0 Å². The van der Waals surface area contributed by atoms with Crippen molar-refractivity contribution >= 4 is 16.6 Å². The first kappa shape index (κ1) is 14.5. The second-order valence-electron chi connectivity index (χ2n) is 6.10. The maximum atomic E-state index is 12.3. The fraction of sp³-hybridized carbons (Fsp3) is 0.533. The molecule has 0 saturated heterocycles. The minimum atomic E-state index is -2.29. The average molecular weight is 320 g/mol. The summed E-state index contributed by atoms with van der Waals surface area (Å²) in [6.07, 6.45) is 4.88. The minimum Gasteiger partial charge on any atom is -0.346 e. The number of aromatic amines is 1. The highest BCUT2D eigenvalue weighted by molar-refractivity contribution is 5.92. The fourth-order valence-electron chi connectivity index (χ4n) is 3.52. The molecule has 0 aliphatic heterocycles. The van der Waals surface area contributed by atoms with E-state index in [-0.39, 0.29) is 12.6 Å². The summed E-state index contributed by atoms with van der Waals surface area (Å²) in [5, 5.41) is 12.5. The van der Waals surface area contributed by atoms with E-state index in [1.807, 2.05) is 12.3 Å². The van der Waals surface area contributed by atoms with Gasteiger partial charge in [-0.15, -0.1) is 5.10 Å². The number of nitrogens with zero attached hydrogens (tertiary/aromatic N) is 4. The topological polar surface area (TPSA) is 70.9 Å². The Balaban J connectivity index is 1.55. The van der Waals surface area contributed by atoms with Crippen LogP contribution in [0.3, 0.4) is 0 Å². The number of hydrogen-bond acceptors (Lipinski definition) is 4. The summed E-state index contributed by atoms with van der Waals surface area (Å²) in [5.74, 6) is 0.317. The standard InChI is InChI=1S/C15H18F2N6/c16-12(17)7-19-10-3-1-9(2-4-10)13-14-11-5-6-18-15(11)20-8-23(14)22-21-13/h5-6,8-10,12,18-19H,1-4,7H2. The van der Waals surface area contributed by atoms with Crippen molar-refractivity contribution in [2.24, 2.45) is 0 Å². The number of hydrogen-bond donors (Lipinski definition) is 2. The van der Waals surface area contributed by atoms with E-state index in [9.17, 15) is 8.78 Å². The summed E-state index contributed by atoms with van der Waals surface area (Å²) in [7, 11) is 0. The van der Waals surface area contributed by atoms with Gasteiger partial charge in [0.1, 0.15) is 17.5 Å². The molecule has 23 heavy (non-hydrogen) atoms.